The molecule has 21 heavy (non-hydrogen) atoms. The molecule has 2 aliphatic carbocycles. The molecule has 0 aromatic rings. The summed E-state index contributed by atoms with van der Waals surface area (Å²) in [4.78, 5) is 4.61. The molecule has 1 aliphatic heterocycles. The van der Waals surface area contributed by atoms with E-state index in [9.17, 15) is 5.11 Å². The van der Waals surface area contributed by atoms with Gasteiger partial charge in [-0.05, 0) is 31.6 Å². The molecule has 0 radical (unpaired) electrons. The quantitative estimate of drug-likeness (QED) is 0.827. The maximum Gasteiger partial charge on any atom is 0.129 e. The maximum absolute atomic E-state index is 11.4. The summed E-state index contributed by atoms with van der Waals surface area (Å²) in [6.45, 7) is 0. The molecule has 3 aliphatic rings. The van der Waals surface area contributed by atoms with Crippen molar-refractivity contribution >= 4 is 5.84 Å². The third kappa shape index (κ3) is 2.39. The number of methoxy groups -OCH3 is 2. The minimum Gasteiger partial charge on any atom is -0.385 e. The highest BCUT2D eigenvalue weighted by Crippen LogP contribution is 2.48. The van der Waals surface area contributed by atoms with E-state index in [1.807, 2.05) is 0 Å². The Bertz CT molecular complexity index is 408. The first-order chi connectivity index (χ1) is 10.1. The fourth-order valence-corrected chi connectivity index (χ4v) is 4.75. The molecule has 0 aromatic heterocycles. The number of hydrogen-bond donors (Lipinski definition) is 2. The van der Waals surface area contributed by atoms with Gasteiger partial charge in [-0.3, -0.25) is 4.99 Å². The van der Waals surface area contributed by atoms with Crippen molar-refractivity contribution in [1.82, 2.24) is 0 Å². The number of aliphatic hydroxyl groups is 1. The molecule has 5 unspecified atom stereocenters. The molecule has 120 valence electrons. The lowest BCUT2D eigenvalue weighted by Crippen LogP contribution is -2.57. The van der Waals surface area contributed by atoms with E-state index in [1.165, 1.54) is 19.3 Å². The normalized spacial score (nSPS) is 44.4. The van der Waals surface area contributed by atoms with Crippen LogP contribution in [0, 0.1) is 11.8 Å². The molecule has 5 heteroatoms. The first-order valence-electron chi connectivity index (χ1n) is 8.23. The van der Waals surface area contributed by atoms with Crippen LogP contribution < -0.4 is 5.73 Å². The Hall–Kier alpha value is -0.650. The number of aliphatic imine (C=N–C) groups is 1. The molecule has 5 nitrogen and oxygen atoms in total. The van der Waals surface area contributed by atoms with Crippen LogP contribution in [0.5, 0.6) is 0 Å². The van der Waals surface area contributed by atoms with Gasteiger partial charge in [0.1, 0.15) is 11.4 Å². The van der Waals surface area contributed by atoms with Crippen molar-refractivity contribution in [3.63, 3.8) is 0 Å². The second kappa shape index (κ2) is 5.86. The van der Waals surface area contributed by atoms with Crippen LogP contribution >= 0.6 is 0 Å². The Morgan fingerprint density at radius 1 is 1.10 bits per heavy atom. The first-order valence-corrected chi connectivity index (χ1v) is 8.23. The lowest BCUT2D eigenvalue weighted by Gasteiger charge is -2.45. The minimum absolute atomic E-state index is 0.0208. The maximum atomic E-state index is 11.4. The molecule has 0 aromatic carbocycles. The van der Waals surface area contributed by atoms with Crippen LogP contribution in [0.25, 0.3) is 0 Å². The zero-order chi connectivity index (χ0) is 15.0. The minimum atomic E-state index is -0.930. The van der Waals surface area contributed by atoms with Gasteiger partial charge in [-0.2, -0.15) is 0 Å². The van der Waals surface area contributed by atoms with Crippen LogP contribution in [0.15, 0.2) is 4.99 Å². The van der Waals surface area contributed by atoms with E-state index >= 15 is 0 Å². The summed E-state index contributed by atoms with van der Waals surface area (Å²) in [6.07, 6.45) is 7.38. The monoisotopic (exact) mass is 296 g/mol. The zero-order valence-corrected chi connectivity index (χ0v) is 13.1. The summed E-state index contributed by atoms with van der Waals surface area (Å²) in [6, 6.07) is 0.0771. The fourth-order valence-electron chi connectivity index (χ4n) is 4.75. The number of nitrogens with two attached hydrogens (primary N) is 1. The molecule has 0 bridgehead atoms. The SMILES string of the molecule is COC1CC2N=C(N)C(O)(C3CCCCC3)C2CC1OC. The molecular formula is C16H28N2O3. The van der Waals surface area contributed by atoms with Crippen LogP contribution in [-0.4, -0.2) is 49.0 Å². The highest BCUT2D eigenvalue weighted by atomic mass is 16.5. The van der Waals surface area contributed by atoms with Crippen LogP contribution in [0.1, 0.15) is 44.9 Å². The third-order valence-corrected chi connectivity index (χ3v) is 5.95. The second-order valence-electron chi connectivity index (χ2n) is 6.87. The van der Waals surface area contributed by atoms with Gasteiger partial charge in [0.15, 0.2) is 0 Å². The van der Waals surface area contributed by atoms with Crippen LogP contribution in [-0.2, 0) is 9.47 Å². The average Bonchev–Trinajstić information content (AvgIpc) is 2.78. The Morgan fingerprint density at radius 3 is 2.33 bits per heavy atom. The van der Waals surface area contributed by atoms with Gasteiger partial charge in [-0.25, -0.2) is 0 Å². The average molecular weight is 296 g/mol. The van der Waals surface area contributed by atoms with Gasteiger partial charge in [-0.1, -0.05) is 19.3 Å². The zero-order valence-electron chi connectivity index (χ0n) is 13.1. The first kappa shape index (κ1) is 15.3. The van der Waals surface area contributed by atoms with Crippen molar-refractivity contribution in [2.45, 2.75) is 68.8 Å². The molecular weight excluding hydrogens is 268 g/mol. The molecule has 5 atom stereocenters. The van der Waals surface area contributed by atoms with Crippen LogP contribution in [0.4, 0.5) is 0 Å². The fraction of sp³-hybridized carbons (Fsp3) is 0.938. The van der Waals surface area contributed by atoms with Gasteiger partial charge < -0.3 is 20.3 Å². The molecule has 1 heterocycles. The molecule has 0 saturated heterocycles. The van der Waals surface area contributed by atoms with E-state index in [4.69, 9.17) is 15.2 Å². The summed E-state index contributed by atoms with van der Waals surface area (Å²) in [7, 11) is 3.43. The molecule has 2 fully saturated rings. The van der Waals surface area contributed by atoms with E-state index < -0.39 is 5.60 Å². The number of amidine groups is 1. The van der Waals surface area contributed by atoms with Crippen molar-refractivity contribution < 1.29 is 14.6 Å². The summed E-state index contributed by atoms with van der Waals surface area (Å²) in [5.74, 6) is 0.787. The number of ether oxygens (including phenoxy) is 2. The van der Waals surface area contributed by atoms with Gasteiger partial charge in [0.25, 0.3) is 0 Å². The van der Waals surface area contributed by atoms with Gasteiger partial charge >= 0.3 is 0 Å². The van der Waals surface area contributed by atoms with Crippen molar-refractivity contribution in [2.24, 2.45) is 22.6 Å². The molecule has 0 amide bonds. The Labute approximate surface area is 126 Å². The van der Waals surface area contributed by atoms with Gasteiger partial charge in [0, 0.05) is 20.1 Å². The highest BCUT2D eigenvalue weighted by molar-refractivity contribution is 5.91. The molecule has 3 rings (SSSR count). The Kier molecular flexibility index (Phi) is 4.26. The van der Waals surface area contributed by atoms with Gasteiger partial charge in [-0.15, -0.1) is 0 Å². The van der Waals surface area contributed by atoms with Crippen molar-refractivity contribution in [2.75, 3.05) is 14.2 Å². The molecule has 0 spiro atoms. The van der Waals surface area contributed by atoms with Gasteiger partial charge in [0.05, 0.1) is 18.2 Å². The highest BCUT2D eigenvalue weighted by Gasteiger charge is 2.57. The number of hydrogen-bond acceptors (Lipinski definition) is 5. The van der Waals surface area contributed by atoms with Crippen molar-refractivity contribution in [1.29, 1.82) is 0 Å². The Morgan fingerprint density at radius 2 is 1.71 bits per heavy atom. The number of rotatable bonds is 3. The van der Waals surface area contributed by atoms with E-state index in [-0.39, 0.29) is 30.1 Å². The second-order valence-corrected chi connectivity index (χ2v) is 6.87. The van der Waals surface area contributed by atoms with E-state index in [0.717, 1.165) is 25.7 Å². The van der Waals surface area contributed by atoms with Crippen molar-refractivity contribution in [3.05, 3.63) is 0 Å². The standard InChI is InChI=1S/C16H28N2O3/c1-20-13-8-11-12(9-14(13)21-2)18-15(17)16(11,19)10-6-4-3-5-7-10/h10-14,19H,3-9H2,1-2H3,(H2,17,18). The number of fused-ring (bicyclic) bond motifs is 1. The summed E-state index contributed by atoms with van der Waals surface area (Å²) >= 11 is 0. The third-order valence-electron chi connectivity index (χ3n) is 5.95. The summed E-state index contributed by atoms with van der Waals surface area (Å²) < 4.78 is 11.1. The molecule has 2 saturated carbocycles. The predicted octanol–water partition coefficient (Wildman–Crippen LogP) is 1.48. The van der Waals surface area contributed by atoms with Crippen LogP contribution in [0.2, 0.25) is 0 Å². The lowest BCUT2D eigenvalue weighted by molar-refractivity contribution is -0.110. The van der Waals surface area contributed by atoms with Crippen molar-refractivity contribution in [3.8, 4) is 0 Å². The van der Waals surface area contributed by atoms with Crippen LogP contribution in [0.3, 0.4) is 0 Å². The van der Waals surface area contributed by atoms with Gasteiger partial charge in [0.2, 0.25) is 0 Å². The molecule has 3 N–H and O–H groups in total. The van der Waals surface area contributed by atoms with E-state index in [2.05, 4.69) is 4.99 Å². The smallest absolute Gasteiger partial charge is 0.129 e. The van der Waals surface area contributed by atoms with E-state index in [1.54, 1.807) is 14.2 Å². The summed E-state index contributed by atoms with van der Waals surface area (Å²) in [5, 5.41) is 11.4. The number of nitrogens with zero attached hydrogens (tertiary/aromatic N) is 1. The summed E-state index contributed by atoms with van der Waals surface area (Å²) in [5.41, 5.74) is 5.27. The topological polar surface area (TPSA) is 77.1 Å². The lowest BCUT2D eigenvalue weighted by atomic mass is 9.65. The van der Waals surface area contributed by atoms with E-state index in [0.29, 0.717) is 5.84 Å². The predicted molar refractivity (Wildman–Crippen MR) is 81.3 cm³/mol. The Balaban J connectivity index is 1.84. The largest absolute Gasteiger partial charge is 0.385 e.